The summed E-state index contributed by atoms with van der Waals surface area (Å²) in [6.45, 7) is 2.24. The van der Waals surface area contributed by atoms with Gasteiger partial charge in [-0.05, 0) is 42.3 Å². The molecule has 0 fully saturated rings. The van der Waals surface area contributed by atoms with Crippen molar-refractivity contribution in [3.8, 4) is 11.5 Å². The van der Waals surface area contributed by atoms with Crippen molar-refractivity contribution in [2.24, 2.45) is 5.10 Å². The molecule has 3 aromatic rings. The normalized spacial score (nSPS) is 10.8. The first-order chi connectivity index (χ1) is 16.4. The first-order valence-electron chi connectivity index (χ1n) is 10.2. The molecule has 0 aliphatic rings. The third-order valence-corrected chi connectivity index (χ3v) is 4.83. The quantitative estimate of drug-likeness (QED) is 0.246. The molecule has 8 nitrogen and oxygen atoms in total. The molecule has 0 aromatic heterocycles. The van der Waals surface area contributed by atoms with Crippen LogP contribution < -0.4 is 14.9 Å². The lowest BCUT2D eigenvalue weighted by Crippen LogP contribution is -2.20. The number of hydrazone groups is 1. The Morgan fingerprint density at radius 1 is 1.18 bits per heavy atom. The summed E-state index contributed by atoms with van der Waals surface area (Å²) in [5, 5.41) is 15.2. The minimum Gasteiger partial charge on any atom is -0.490 e. The van der Waals surface area contributed by atoms with Crippen LogP contribution in [0.25, 0.3) is 0 Å². The van der Waals surface area contributed by atoms with Crippen LogP contribution in [0.1, 0.15) is 23.6 Å². The number of nitro groups is 1. The number of hydrogen-bond acceptors (Lipinski definition) is 6. The van der Waals surface area contributed by atoms with Gasteiger partial charge in [-0.25, -0.2) is 9.82 Å². The minimum atomic E-state index is -0.541. The number of nitrogens with one attached hydrogen (secondary N) is 1. The Morgan fingerprint density at radius 3 is 2.71 bits per heavy atom. The Kier molecular flexibility index (Phi) is 8.53. The van der Waals surface area contributed by atoms with Crippen LogP contribution in [-0.4, -0.2) is 23.7 Å². The predicted molar refractivity (Wildman–Crippen MR) is 126 cm³/mol. The van der Waals surface area contributed by atoms with Crippen LogP contribution in [0.15, 0.2) is 65.8 Å². The van der Waals surface area contributed by atoms with Crippen LogP contribution in [0.3, 0.4) is 0 Å². The van der Waals surface area contributed by atoms with Crippen molar-refractivity contribution in [2.75, 3.05) is 6.61 Å². The van der Waals surface area contributed by atoms with Crippen molar-refractivity contribution in [2.45, 2.75) is 20.0 Å². The molecule has 0 spiro atoms. The number of amides is 1. The van der Waals surface area contributed by atoms with E-state index >= 15 is 0 Å². The van der Waals surface area contributed by atoms with Gasteiger partial charge in [0.05, 0.1) is 29.2 Å². The van der Waals surface area contributed by atoms with Crippen molar-refractivity contribution in [1.82, 2.24) is 5.43 Å². The molecule has 0 saturated heterocycles. The summed E-state index contributed by atoms with van der Waals surface area (Å²) in [4.78, 5) is 22.7. The standard InChI is InChI=1S/C24H21ClFN3O5/c1-2-33-22-12-17(11-20(25)24(22)34-15-16-6-5-8-19(26)10-16)14-27-28-23(30)13-18-7-3-4-9-21(18)29(31)32/h3-12,14H,2,13,15H2,1H3,(H,28,30)/b27-14+. The number of carbonyl (C=O) groups excluding carboxylic acids is 1. The highest BCUT2D eigenvalue weighted by Gasteiger charge is 2.15. The second kappa shape index (κ2) is 11.8. The highest BCUT2D eigenvalue weighted by Crippen LogP contribution is 2.37. The maximum absolute atomic E-state index is 13.4. The van der Waals surface area contributed by atoms with E-state index in [2.05, 4.69) is 10.5 Å². The van der Waals surface area contributed by atoms with Crippen LogP contribution >= 0.6 is 11.6 Å². The van der Waals surface area contributed by atoms with E-state index in [1.165, 1.54) is 36.5 Å². The first kappa shape index (κ1) is 24.7. The van der Waals surface area contributed by atoms with Gasteiger partial charge in [-0.2, -0.15) is 5.10 Å². The molecule has 0 bridgehead atoms. The third-order valence-electron chi connectivity index (χ3n) is 4.55. The summed E-state index contributed by atoms with van der Waals surface area (Å²) in [6, 6.07) is 15.2. The molecular formula is C24H21ClFN3O5. The maximum Gasteiger partial charge on any atom is 0.273 e. The molecular weight excluding hydrogens is 465 g/mol. The van der Waals surface area contributed by atoms with Crippen molar-refractivity contribution in [3.63, 3.8) is 0 Å². The van der Waals surface area contributed by atoms with Gasteiger partial charge in [0.2, 0.25) is 5.91 Å². The molecule has 0 saturated carbocycles. The van der Waals surface area contributed by atoms with Crippen LogP contribution in [0.2, 0.25) is 5.02 Å². The fraction of sp³-hybridized carbons (Fsp3) is 0.167. The summed E-state index contributed by atoms with van der Waals surface area (Å²) in [6.07, 6.45) is 1.16. The summed E-state index contributed by atoms with van der Waals surface area (Å²) < 4.78 is 24.8. The molecule has 3 rings (SSSR count). The molecule has 34 heavy (non-hydrogen) atoms. The topological polar surface area (TPSA) is 103 Å². The third kappa shape index (κ3) is 6.76. The average Bonchev–Trinajstić information content (AvgIpc) is 2.79. The van der Waals surface area contributed by atoms with Crippen LogP contribution in [0.5, 0.6) is 11.5 Å². The summed E-state index contributed by atoms with van der Waals surface area (Å²) in [5.74, 6) is -0.228. The Hall–Kier alpha value is -3.98. The highest BCUT2D eigenvalue weighted by atomic mass is 35.5. The van der Waals surface area contributed by atoms with Crippen LogP contribution in [0.4, 0.5) is 10.1 Å². The largest absolute Gasteiger partial charge is 0.490 e. The van der Waals surface area contributed by atoms with Gasteiger partial charge >= 0.3 is 0 Å². The molecule has 0 heterocycles. The second-order valence-corrected chi connectivity index (χ2v) is 7.44. The smallest absolute Gasteiger partial charge is 0.273 e. The fourth-order valence-electron chi connectivity index (χ4n) is 3.08. The van der Waals surface area contributed by atoms with Crippen molar-refractivity contribution in [1.29, 1.82) is 0 Å². The Labute approximate surface area is 200 Å². The molecule has 1 N–H and O–H groups in total. The van der Waals surface area contributed by atoms with Gasteiger partial charge in [0.25, 0.3) is 5.69 Å². The Balaban J connectivity index is 1.68. The lowest BCUT2D eigenvalue weighted by atomic mass is 10.1. The number of para-hydroxylation sites is 1. The number of rotatable bonds is 10. The lowest BCUT2D eigenvalue weighted by molar-refractivity contribution is -0.385. The van der Waals surface area contributed by atoms with Gasteiger partial charge < -0.3 is 9.47 Å². The van der Waals surface area contributed by atoms with Crippen molar-refractivity contribution in [3.05, 3.63) is 98.3 Å². The summed E-state index contributed by atoms with van der Waals surface area (Å²) in [7, 11) is 0. The molecule has 1 amide bonds. The van der Waals surface area contributed by atoms with Crippen molar-refractivity contribution >= 4 is 29.4 Å². The number of nitro benzene ring substituents is 1. The Morgan fingerprint density at radius 2 is 1.97 bits per heavy atom. The zero-order valence-electron chi connectivity index (χ0n) is 18.2. The number of halogens is 2. The van der Waals surface area contributed by atoms with E-state index in [0.717, 1.165) is 0 Å². The van der Waals surface area contributed by atoms with E-state index in [1.807, 2.05) is 0 Å². The summed E-state index contributed by atoms with van der Waals surface area (Å²) >= 11 is 6.37. The maximum atomic E-state index is 13.4. The number of hydrogen-bond donors (Lipinski definition) is 1. The van der Waals surface area contributed by atoms with E-state index in [4.69, 9.17) is 21.1 Å². The molecule has 176 valence electrons. The molecule has 0 radical (unpaired) electrons. The molecule has 0 atom stereocenters. The SMILES string of the molecule is CCOc1cc(/C=N/NC(=O)Cc2ccccc2[N+](=O)[O-])cc(Cl)c1OCc1cccc(F)c1. The molecule has 0 aliphatic carbocycles. The Bertz CT molecular complexity index is 1220. The van der Waals surface area contributed by atoms with Gasteiger partial charge in [0.15, 0.2) is 11.5 Å². The predicted octanol–water partition coefficient (Wildman–Crippen LogP) is 5.06. The number of carbonyl (C=O) groups is 1. The number of nitrogens with zero attached hydrogens (tertiary/aromatic N) is 2. The van der Waals surface area contributed by atoms with Gasteiger partial charge in [-0.3, -0.25) is 14.9 Å². The van der Waals surface area contributed by atoms with Gasteiger partial charge in [0, 0.05) is 11.6 Å². The zero-order chi connectivity index (χ0) is 24.5. The number of benzene rings is 3. The second-order valence-electron chi connectivity index (χ2n) is 7.04. The average molecular weight is 486 g/mol. The molecule has 0 aliphatic heterocycles. The van der Waals surface area contributed by atoms with Crippen LogP contribution in [0, 0.1) is 15.9 Å². The van der Waals surface area contributed by atoms with E-state index in [1.54, 1.807) is 37.3 Å². The van der Waals surface area contributed by atoms with E-state index < -0.39 is 10.8 Å². The van der Waals surface area contributed by atoms with Gasteiger partial charge in [-0.1, -0.05) is 41.9 Å². The minimum absolute atomic E-state index is 0.0900. The molecule has 3 aromatic carbocycles. The zero-order valence-corrected chi connectivity index (χ0v) is 18.9. The van der Waals surface area contributed by atoms with E-state index in [9.17, 15) is 19.3 Å². The van der Waals surface area contributed by atoms with E-state index in [0.29, 0.717) is 29.2 Å². The summed E-state index contributed by atoms with van der Waals surface area (Å²) in [5.41, 5.74) is 3.64. The first-order valence-corrected chi connectivity index (χ1v) is 10.6. The molecule has 10 heteroatoms. The fourth-order valence-corrected chi connectivity index (χ4v) is 3.35. The highest BCUT2D eigenvalue weighted by molar-refractivity contribution is 6.32. The van der Waals surface area contributed by atoms with Crippen LogP contribution in [-0.2, 0) is 17.8 Å². The van der Waals surface area contributed by atoms with Crippen molar-refractivity contribution < 1.29 is 23.6 Å². The van der Waals surface area contributed by atoms with Gasteiger partial charge in [-0.15, -0.1) is 0 Å². The van der Waals surface area contributed by atoms with Gasteiger partial charge in [0.1, 0.15) is 12.4 Å². The number of ether oxygens (including phenoxy) is 2. The monoisotopic (exact) mass is 485 g/mol. The van der Waals surface area contributed by atoms with E-state index in [-0.39, 0.29) is 35.1 Å². The lowest BCUT2D eigenvalue weighted by Gasteiger charge is -2.14. The molecule has 0 unspecified atom stereocenters.